The third kappa shape index (κ3) is 7.99. The highest BCUT2D eigenvalue weighted by atomic mass is 16.5. The van der Waals surface area contributed by atoms with E-state index in [0.29, 0.717) is 0 Å². The van der Waals surface area contributed by atoms with Gasteiger partial charge in [-0.05, 0) is 33.1 Å². The van der Waals surface area contributed by atoms with E-state index < -0.39 is 23.9 Å². The minimum atomic E-state index is -1.24. The van der Waals surface area contributed by atoms with Gasteiger partial charge in [0.15, 0.2) is 0 Å². The molecule has 7 heteroatoms. The van der Waals surface area contributed by atoms with Gasteiger partial charge in [0.25, 0.3) is 0 Å². The number of hydrogen-bond acceptors (Lipinski definition) is 6. The quantitative estimate of drug-likeness (QED) is 0.258. The van der Waals surface area contributed by atoms with Crippen molar-refractivity contribution in [1.29, 1.82) is 0 Å². The maximum absolute atomic E-state index is 11.4. The molecule has 0 rings (SSSR count). The molecule has 0 fully saturated rings. The van der Waals surface area contributed by atoms with Crippen LogP contribution in [0.3, 0.4) is 0 Å². The molecular formula is C11H21N2O5-. The number of hydrogen-bond donors (Lipinski definition) is 3. The van der Waals surface area contributed by atoms with Crippen LogP contribution in [0, 0.1) is 5.92 Å². The minimum Gasteiger partial charge on any atom is -0.550 e. The second-order valence-electron chi connectivity index (χ2n) is 4.39. The molecule has 106 valence electrons. The molecule has 0 bridgehead atoms. The number of rotatable bonds is 9. The maximum atomic E-state index is 11.4. The van der Waals surface area contributed by atoms with Crippen LogP contribution < -0.4 is 16.4 Å². The van der Waals surface area contributed by atoms with Gasteiger partial charge in [0.05, 0.1) is 18.8 Å². The lowest BCUT2D eigenvalue weighted by atomic mass is 9.95. The lowest BCUT2D eigenvalue weighted by Crippen LogP contribution is -2.38. The Morgan fingerprint density at radius 3 is 2.50 bits per heavy atom. The van der Waals surface area contributed by atoms with E-state index in [2.05, 4.69) is 0 Å². The number of carbonyl (C=O) groups is 2. The fourth-order valence-electron chi connectivity index (χ4n) is 1.47. The topological polar surface area (TPSA) is 125 Å². The van der Waals surface area contributed by atoms with Crippen LogP contribution in [0.1, 0.15) is 33.1 Å². The predicted molar refractivity (Wildman–Crippen MR) is 61.8 cm³/mol. The van der Waals surface area contributed by atoms with E-state index in [1.54, 1.807) is 0 Å². The summed E-state index contributed by atoms with van der Waals surface area (Å²) in [6.45, 7) is 3.75. The molecule has 1 amide bonds. The summed E-state index contributed by atoms with van der Waals surface area (Å²) in [6.07, 6.45) is -0.940. The van der Waals surface area contributed by atoms with Crippen molar-refractivity contribution in [3.8, 4) is 0 Å². The van der Waals surface area contributed by atoms with Gasteiger partial charge in [-0.2, -0.15) is 0 Å². The summed E-state index contributed by atoms with van der Waals surface area (Å²) in [5, 5.41) is 20.0. The number of aliphatic hydroxyl groups is 1. The van der Waals surface area contributed by atoms with Crippen molar-refractivity contribution in [2.75, 3.05) is 6.61 Å². The lowest BCUT2D eigenvalue weighted by Gasteiger charge is -2.20. The van der Waals surface area contributed by atoms with E-state index in [9.17, 15) is 19.8 Å². The van der Waals surface area contributed by atoms with Crippen molar-refractivity contribution < 1.29 is 24.5 Å². The van der Waals surface area contributed by atoms with E-state index in [1.165, 1.54) is 0 Å². The average Bonchev–Trinajstić information content (AvgIpc) is 2.30. The molecule has 0 aliphatic rings. The van der Waals surface area contributed by atoms with Crippen molar-refractivity contribution in [3.05, 3.63) is 0 Å². The van der Waals surface area contributed by atoms with Crippen LogP contribution in [0.15, 0.2) is 0 Å². The van der Waals surface area contributed by atoms with Gasteiger partial charge in [0.1, 0.15) is 0 Å². The van der Waals surface area contributed by atoms with Crippen LogP contribution in [-0.2, 0) is 14.3 Å². The number of carboxylic acid groups (broad SMARTS) is 1. The van der Waals surface area contributed by atoms with Crippen molar-refractivity contribution >= 4 is 11.9 Å². The number of amides is 1. The third-order valence-corrected chi connectivity index (χ3v) is 2.39. The molecule has 0 saturated carbocycles. The van der Waals surface area contributed by atoms with E-state index in [4.69, 9.17) is 10.6 Å². The van der Waals surface area contributed by atoms with Crippen molar-refractivity contribution in [1.82, 2.24) is 5.43 Å². The van der Waals surface area contributed by atoms with Crippen LogP contribution in [0.4, 0.5) is 0 Å². The molecule has 0 aromatic heterocycles. The third-order valence-electron chi connectivity index (χ3n) is 2.39. The standard InChI is InChI=1S/C11H22N2O5/c1-7(2)18-6-9(14)5-8(11(17)13-12)3-4-10(15)16/h7-9,14H,3-6,12H2,1-2H3,(H,13,17)(H,15,16)/p-1/t8-,9+/m1/s1. The molecule has 4 N–H and O–H groups in total. The van der Waals surface area contributed by atoms with E-state index in [0.717, 1.165) is 0 Å². The highest BCUT2D eigenvalue weighted by molar-refractivity contribution is 5.78. The van der Waals surface area contributed by atoms with Gasteiger partial charge in [-0.3, -0.25) is 10.2 Å². The first-order chi connectivity index (χ1) is 8.36. The number of aliphatic hydroxyl groups excluding tert-OH is 1. The van der Waals surface area contributed by atoms with Gasteiger partial charge < -0.3 is 19.7 Å². The van der Waals surface area contributed by atoms with Crippen LogP contribution in [0.25, 0.3) is 0 Å². The number of hydrazine groups is 1. The molecule has 0 aromatic rings. The lowest BCUT2D eigenvalue weighted by molar-refractivity contribution is -0.305. The SMILES string of the molecule is CC(C)OC[C@@H](O)C[C@@H](CCC(=O)[O-])C(=O)NN. The molecule has 0 aromatic carbocycles. The van der Waals surface area contributed by atoms with Crippen LogP contribution >= 0.6 is 0 Å². The second-order valence-corrected chi connectivity index (χ2v) is 4.39. The van der Waals surface area contributed by atoms with E-state index in [-0.39, 0.29) is 32.0 Å². The Kier molecular flexibility index (Phi) is 8.27. The first-order valence-corrected chi connectivity index (χ1v) is 5.86. The normalized spacial score (nSPS) is 14.3. The molecule has 0 aliphatic carbocycles. The summed E-state index contributed by atoms with van der Waals surface area (Å²) < 4.78 is 5.20. The molecule has 0 aliphatic heterocycles. The number of ether oxygens (including phenoxy) is 1. The first-order valence-electron chi connectivity index (χ1n) is 5.86. The Hall–Kier alpha value is -1.18. The van der Waals surface area contributed by atoms with E-state index in [1.807, 2.05) is 19.3 Å². The van der Waals surface area contributed by atoms with E-state index >= 15 is 0 Å². The summed E-state index contributed by atoms with van der Waals surface area (Å²) in [4.78, 5) is 21.8. The Morgan fingerprint density at radius 2 is 2.06 bits per heavy atom. The number of nitrogens with two attached hydrogens (primary N) is 1. The fourth-order valence-corrected chi connectivity index (χ4v) is 1.47. The minimum absolute atomic E-state index is 0.0235. The van der Waals surface area contributed by atoms with Crippen molar-refractivity contribution in [2.24, 2.45) is 11.8 Å². The van der Waals surface area contributed by atoms with Gasteiger partial charge in [-0.1, -0.05) is 0 Å². The number of carboxylic acids is 1. The molecule has 0 heterocycles. The Labute approximate surface area is 106 Å². The second kappa shape index (κ2) is 8.84. The Morgan fingerprint density at radius 1 is 1.44 bits per heavy atom. The van der Waals surface area contributed by atoms with Crippen molar-refractivity contribution in [3.63, 3.8) is 0 Å². The van der Waals surface area contributed by atoms with Crippen molar-refractivity contribution in [2.45, 2.75) is 45.3 Å². The number of nitrogens with one attached hydrogen (secondary N) is 1. The Bertz CT molecular complexity index is 270. The van der Waals surface area contributed by atoms with Crippen LogP contribution in [-0.4, -0.2) is 35.8 Å². The van der Waals surface area contributed by atoms with Gasteiger partial charge >= 0.3 is 0 Å². The molecule has 0 unspecified atom stereocenters. The highest BCUT2D eigenvalue weighted by Gasteiger charge is 2.21. The zero-order chi connectivity index (χ0) is 14.1. The zero-order valence-corrected chi connectivity index (χ0v) is 10.7. The first kappa shape index (κ1) is 16.8. The number of carbonyl (C=O) groups excluding carboxylic acids is 2. The van der Waals surface area contributed by atoms with Crippen LogP contribution in [0.5, 0.6) is 0 Å². The van der Waals surface area contributed by atoms with Gasteiger partial charge in [-0.15, -0.1) is 0 Å². The molecular weight excluding hydrogens is 240 g/mol. The summed E-state index contributed by atoms with van der Waals surface area (Å²) in [5.41, 5.74) is 1.95. The van der Waals surface area contributed by atoms with Gasteiger partial charge in [0, 0.05) is 11.9 Å². The average molecular weight is 261 g/mol. The molecule has 7 nitrogen and oxygen atoms in total. The Balaban J connectivity index is 4.21. The predicted octanol–water partition coefficient (Wildman–Crippen LogP) is -1.70. The monoisotopic (exact) mass is 261 g/mol. The molecule has 0 saturated heterocycles. The maximum Gasteiger partial charge on any atom is 0.237 e. The zero-order valence-electron chi connectivity index (χ0n) is 10.7. The smallest absolute Gasteiger partial charge is 0.237 e. The summed E-state index contributed by atoms with van der Waals surface area (Å²) >= 11 is 0. The van der Waals surface area contributed by atoms with Crippen LogP contribution in [0.2, 0.25) is 0 Å². The number of aliphatic carboxylic acids is 1. The fraction of sp³-hybridized carbons (Fsp3) is 0.818. The molecule has 2 atom stereocenters. The van der Waals surface area contributed by atoms with Gasteiger partial charge in [0.2, 0.25) is 5.91 Å². The van der Waals surface area contributed by atoms with Gasteiger partial charge in [-0.25, -0.2) is 5.84 Å². The molecule has 18 heavy (non-hydrogen) atoms. The summed E-state index contributed by atoms with van der Waals surface area (Å²) in [5.74, 6) is 2.60. The highest BCUT2D eigenvalue weighted by Crippen LogP contribution is 2.14. The summed E-state index contributed by atoms with van der Waals surface area (Å²) in [6, 6.07) is 0. The largest absolute Gasteiger partial charge is 0.550 e. The molecule has 0 radical (unpaired) electrons. The summed E-state index contributed by atoms with van der Waals surface area (Å²) in [7, 11) is 0. The molecule has 0 spiro atoms.